The average molecular weight is 345 g/mol. The SMILES string of the molecule is Cc1cc(C)cc(NC(=O)CN2CC(=O)Oc3ccc(Cl)cc32)c1. The second-order valence-electron chi connectivity index (χ2n) is 5.87. The highest BCUT2D eigenvalue weighted by atomic mass is 35.5. The van der Waals surface area contributed by atoms with Gasteiger partial charge in [-0.3, -0.25) is 4.79 Å². The van der Waals surface area contributed by atoms with Crippen molar-refractivity contribution in [1.29, 1.82) is 0 Å². The lowest BCUT2D eigenvalue weighted by molar-refractivity contribution is -0.133. The zero-order valence-electron chi connectivity index (χ0n) is 13.4. The summed E-state index contributed by atoms with van der Waals surface area (Å²) in [5.41, 5.74) is 3.52. The molecule has 1 amide bonds. The molecule has 0 saturated heterocycles. The van der Waals surface area contributed by atoms with Crippen molar-refractivity contribution in [3.8, 4) is 5.75 Å². The van der Waals surface area contributed by atoms with Gasteiger partial charge in [-0.05, 0) is 55.3 Å². The van der Waals surface area contributed by atoms with Gasteiger partial charge in [0.25, 0.3) is 0 Å². The molecular weight excluding hydrogens is 328 g/mol. The highest BCUT2D eigenvalue weighted by Crippen LogP contribution is 2.34. The summed E-state index contributed by atoms with van der Waals surface area (Å²) >= 11 is 6.01. The molecule has 5 nitrogen and oxygen atoms in total. The smallest absolute Gasteiger partial charge is 0.331 e. The van der Waals surface area contributed by atoms with E-state index in [9.17, 15) is 9.59 Å². The summed E-state index contributed by atoms with van der Waals surface area (Å²) in [4.78, 5) is 25.7. The molecule has 3 rings (SSSR count). The number of aryl methyl sites for hydroxylation is 2. The number of amides is 1. The molecule has 0 spiro atoms. The molecule has 1 aliphatic heterocycles. The van der Waals surface area contributed by atoms with Crippen molar-refractivity contribution in [2.24, 2.45) is 0 Å². The predicted molar refractivity (Wildman–Crippen MR) is 93.8 cm³/mol. The lowest BCUT2D eigenvalue weighted by Gasteiger charge is -2.29. The third-order valence-corrected chi connectivity index (χ3v) is 3.88. The van der Waals surface area contributed by atoms with Crippen molar-refractivity contribution in [2.75, 3.05) is 23.3 Å². The Morgan fingerprint density at radius 1 is 1.21 bits per heavy atom. The second-order valence-corrected chi connectivity index (χ2v) is 6.30. The second kappa shape index (κ2) is 6.53. The highest BCUT2D eigenvalue weighted by Gasteiger charge is 2.26. The van der Waals surface area contributed by atoms with Gasteiger partial charge in [0.2, 0.25) is 5.91 Å². The summed E-state index contributed by atoms with van der Waals surface area (Å²) in [6.45, 7) is 3.99. The van der Waals surface area contributed by atoms with E-state index in [2.05, 4.69) is 5.32 Å². The van der Waals surface area contributed by atoms with E-state index in [1.165, 1.54) is 0 Å². The van der Waals surface area contributed by atoms with Crippen LogP contribution >= 0.6 is 11.6 Å². The van der Waals surface area contributed by atoms with Crippen molar-refractivity contribution < 1.29 is 14.3 Å². The van der Waals surface area contributed by atoms with E-state index in [0.29, 0.717) is 16.5 Å². The zero-order valence-corrected chi connectivity index (χ0v) is 14.2. The first-order valence-corrected chi connectivity index (χ1v) is 7.92. The Bertz CT molecular complexity index is 800. The third kappa shape index (κ3) is 3.68. The van der Waals surface area contributed by atoms with Gasteiger partial charge in [-0.15, -0.1) is 0 Å². The predicted octanol–water partition coefficient (Wildman–Crippen LogP) is 3.32. The van der Waals surface area contributed by atoms with Crippen LogP contribution in [-0.4, -0.2) is 25.0 Å². The van der Waals surface area contributed by atoms with Crippen molar-refractivity contribution >= 4 is 34.9 Å². The molecule has 1 heterocycles. The molecule has 0 atom stereocenters. The number of carbonyl (C=O) groups is 2. The van der Waals surface area contributed by atoms with Crippen LogP contribution in [0.3, 0.4) is 0 Å². The van der Waals surface area contributed by atoms with Crippen molar-refractivity contribution in [3.63, 3.8) is 0 Å². The number of benzene rings is 2. The van der Waals surface area contributed by atoms with Crippen LogP contribution in [0.4, 0.5) is 11.4 Å². The lowest BCUT2D eigenvalue weighted by Crippen LogP contribution is -2.41. The number of carbonyl (C=O) groups excluding carboxylic acids is 2. The van der Waals surface area contributed by atoms with Crippen LogP contribution in [0.1, 0.15) is 11.1 Å². The van der Waals surface area contributed by atoms with Crippen molar-refractivity contribution in [3.05, 3.63) is 52.5 Å². The molecule has 124 valence electrons. The normalized spacial score (nSPS) is 13.3. The maximum Gasteiger partial charge on any atom is 0.331 e. The Hall–Kier alpha value is -2.53. The standard InChI is InChI=1S/C18H17ClN2O3/c1-11-5-12(2)7-14(6-11)20-17(22)9-21-10-18(23)24-16-4-3-13(19)8-15(16)21/h3-8H,9-10H2,1-2H3,(H,20,22). The molecule has 0 unspecified atom stereocenters. The monoisotopic (exact) mass is 344 g/mol. The molecule has 0 saturated carbocycles. The molecule has 0 bridgehead atoms. The number of ether oxygens (including phenoxy) is 1. The van der Waals surface area contributed by atoms with Gasteiger partial charge in [-0.25, -0.2) is 4.79 Å². The molecule has 24 heavy (non-hydrogen) atoms. The molecule has 0 aromatic heterocycles. The van der Waals surface area contributed by atoms with Gasteiger partial charge in [0.1, 0.15) is 6.54 Å². The summed E-state index contributed by atoms with van der Waals surface area (Å²) in [7, 11) is 0. The van der Waals surface area contributed by atoms with Gasteiger partial charge in [0, 0.05) is 10.7 Å². The van der Waals surface area contributed by atoms with Gasteiger partial charge >= 0.3 is 5.97 Å². The Kier molecular flexibility index (Phi) is 4.44. The summed E-state index contributed by atoms with van der Waals surface area (Å²) in [6.07, 6.45) is 0. The van der Waals surface area contributed by atoms with Gasteiger partial charge in [0.05, 0.1) is 12.2 Å². The Morgan fingerprint density at radius 3 is 2.62 bits per heavy atom. The third-order valence-electron chi connectivity index (χ3n) is 3.65. The first kappa shape index (κ1) is 16.3. The van der Waals surface area contributed by atoms with Crippen LogP contribution in [-0.2, 0) is 9.59 Å². The van der Waals surface area contributed by atoms with Crippen LogP contribution < -0.4 is 15.0 Å². The number of hydrogen-bond acceptors (Lipinski definition) is 4. The van der Waals surface area contributed by atoms with Crippen LogP contribution in [0.15, 0.2) is 36.4 Å². The summed E-state index contributed by atoms with van der Waals surface area (Å²) in [5, 5.41) is 3.39. The van der Waals surface area contributed by atoms with Crippen molar-refractivity contribution in [1.82, 2.24) is 0 Å². The van der Waals surface area contributed by atoms with Gasteiger partial charge in [-0.1, -0.05) is 17.7 Å². The number of anilines is 2. The van der Waals surface area contributed by atoms with E-state index >= 15 is 0 Å². The largest absolute Gasteiger partial charge is 0.423 e. The number of rotatable bonds is 3. The summed E-state index contributed by atoms with van der Waals surface area (Å²) < 4.78 is 5.18. The molecule has 0 fully saturated rings. The maximum absolute atomic E-state index is 12.4. The first-order chi connectivity index (χ1) is 11.4. The zero-order chi connectivity index (χ0) is 17.3. The molecule has 1 N–H and O–H groups in total. The van der Waals surface area contributed by atoms with E-state index < -0.39 is 5.97 Å². The van der Waals surface area contributed by atoms with Gasteiger partial charge < -0.3 is 15.0 Å². The van der Waals surface area contributed by atoms with E-state index in [1.807, 2.05) is 32.0 Å². The lowest BCUT2D eigenvalue weighted by atomic mass is 10.1. The number of esters is 1. The molecule has 1 aliphatic rings. The minimum Gasteiger partial charge on any atom is -0.423 e. The van der Waals surface area contributed by atoms with Crippen LogP contribution in [0.2, 0.25) is 5.02 Å². The molecule has 0 aliphatic carbocycles. The van der Waals surface area contributed by atoms with Crippen molar-refractivity contribution in [2.45, 2.75) is 13.8 Å². The molecule has 0 radical (unpaired) electrons. The Labute approximate surface area is 145 Å². The molecule has 6 heteroatoms. The average Bonchev–Trinajstić information content (AvgIpc) is 2.46. The Balaban J connectivity index is 1.77. The quantitative estimate of drug-likeness (QED) is 0.685. The van der Waals surface area contributed by atoms with Gasteiger partial charge in [-0.2, -0.15) is 0 Å². The molecular formula is C18H17ClN2O3. The van der Waals surface area contributed by atoms with Crippen LogP contribution in [0, 0.1) is 13.8 Å². The maximum atomic E-state index is 12.4. The summed E-state index contributed by atoms with van der Waals surface area (Å²) in [6, 6.07) is 10.8. The number of nitrogens with one attached hydrogen (secondary N) is 1. The topological polar surface area (TPSA) is 58.6 Å². The molecule has 2 aromatic rings. The van der Waals surface area contributed by atoms with Crippen LogP contribution in [0.25, 0.3) is 0 Å². The van der Waals surface area contributed by atoms with Crippen LogP contribution in [0.5, 0.6) is 5.75 Å². The minimum atomic E-state index is -0.399. The fourth-order valence-electron chi connectivity index (χ4n) is 2.78. The van der Waals surface area contributed by atoms with E-state index in [-0.39, 0.29) is 19.0 Å². The fourth-order valence-corrected chi connectivity index (χ4v) is 2.95. The van der Waals surface area contributed by atoms with E-state index in [0.717, 1.165) is 16.8 Å². The number of halogens is 1. The Morgan fingerprint density at radius 2 is 1.92 bits per heavy atom. The van der Waals surface area contributed by atoms with Gasteiger partial charge in [0.15, 0.2) is 5.75 Å². The van der Waals surface area contributed by atoms with E-state index in [1.54, 1.807) is 23.1 Å². The number of fused-ring (bicyclic) bond motifs is 1. The fraction of sp³-hybridized carbons (Fsp3) is 0.222. The summed E-state index contributed by atoms with van der Waals surface area (Å²) in [5.74, 6) is -0.195. The molecule has 2 aromatic carbocycles. The number of hydrogen-bond donors (Lipinski definition) is 1. The minimum absolute atomic E-state index is 0.00755. The van der Waals surface area contributed by atoms with E-state index in [4.69, 9.17) is 16.3 Å². The first-order valence-electron chi connectivity index (χ1n) is 7.54. The highest BCUT2D eigenvalue weighted by molar-refractivity contribution is 6.31. The number of nitrogens with zero attached hydrogens (tertiary/aromatic N) is 1.